The van der Waals surface area contributed by atoms with E-state index in [2.05, 4.69) is 36.9 Å². The van der Waals surface area contributed by atoms with E-state index in [9.17, 15) is 0 Å². The molecule has 0 saturated carbocycles. The van der Waals surface area contributed by atoms with Gasteiger partial charge < -0.3 is 15.4 Å². The lowest BCUT2D eigenvalue weighted by atomic mass is 9.95. The van der Waals surface area contributed by atoms with Crippen molar-refractivity contribution in [3.05, 3.63) is 23.8 Å². The van der Waals surface area contributed by atoms with Gasteiger partial charge in [-0.05, 0) is 30.2 Å². The van der Waals surface area contributed by atoms with Crippen LogP contribution in [0.5, 0.6) is 0 Å². The van der Waals surface area contributed by atoms with Crippen LogP contribution in [0.25, 0.3) is 0 Å². The van der Waals surface area contributed by atoms with E-state index in [4.69, 9.17) is 22.7 Å². The first-order valence-electron chi connectivity index (χ1n) is 7.41. The zero-order valence-corrected chi connectivity index (χ0v) is 14.6. The Hall–Kier alpha value is -0.780. The molecule has 2 unspecified atom stereocenters. The van der Waals surface area contributed by atoms with E-state index in [-0.39, 0.29) is 6.10 Å². The van der Waals surface area contributed by atoms with Crippen LogP contribution in [0.3, 0.4) is 0 Å². The van der Waals surface area contributed by atoms with Gasteiger partial charge in [-0.25, -0.2) is 0 Å². The van der Waals surface area contributed by atoms with E-state index < -0.39 is 0 Å². The topological polar surface area (TPSA) is 38.5 Å². The first-order valence-corrected chi connectivity index (χ1v) is 8.81. The molecule has 0 spiro atoms. The standard InChI is InChI=1S/C16H24N2OS2/c1-4-21-14-7-5-6-12(15(14)16(17)20)18-9-8-11(2)13(10-18)19-3/h5-7,11,13H,4,8-10H2,1-3H3,(H2,17,20). The average Bonchev–Trinajstić information content (AvgIpc) is 2.47. The third-order valence-corrected chi connectivity index (χ3v) is 5.23. The summed E-state index contributed by atoms with van der Waals surface area (Å²) in [4.78, 5) is 4.02. The number of methoxy groups -OCH3 is 1. The predicted molar refractivity (Wildman–Crippen MR) is 95.5 cm³/mol. The summed E-state index contributed by atoms with van der Waals surface area (Å²) in [6.07, 6.45) is 1.39. The van der Waals surface area contributed by atoms with Crippen molar-refractivity contribution in [3.63, 3.8) is 0 Å². The Morgan fingerprint density at radius 2 is 2.29 bits per heavy atom. The highest BCUT2D eigenvalue weighted by Crippen LogP contribution is 2.33. The van der Waals surface area contributed by atoms with Crippen molar-refractivity contribution < 1.29 is 4.74 Å². The van der Waals surface area contributed by atoms with Crippen LogP contribution in [-0.4, -0.2) is 37.0 Å². The van der Waals surface area contributed by atoms with Gasteiger partial charge in [-0.1, -0.05) is 32.1 Å². The van der Waals surface area contributed by atoms with Crippen LogP contribution < -0.4 is 10.6 Å². The molecular weight excluding hydrogens is 300 g/mol. The quantitative estimate of drug-likeness (QED) is 0.664. The van der Waals surface area contributed by atoms with Crippen LogP contribution in [0.15, 0.2) is 23.1 Å². The number of hydrogen-bond acceptors (Lipinski definition) is 4. The van der Waals surface area contributed by atoms with Crippen molar-refractivity contribution >= 4 is 34.7 Å². The Kier molecular flexibility index (Phi) is 5.90. The summed E-state index contributed by atoms with van der Waals surface area (Å²) in [5, 5.41) is 0. The van der Waals surface area contributed by atoms with Crippen molar-refractivity contribution in [2.24, 2.45) is 11.7 Å². The fraction of sp³-hybridized carbons (Fsp3) is 0.562. The molecule has 1 aromatic carbocycles. The smallest absolute Gasteiger partial charge is 0.107 e. The van der Waals surface area contributed by atoms with Crippen molar-refractivity contribution in [2.75, 3.05) is 30.9 Å². The Morgan fingerprint density at radius 3 is 2.90 bits per heavy atom. The number of rotatable bonds is 5. The summed E-state index contributed by atoms with van der Waals surface area (Å²) < 4.78 is 5.62. The van der Waals surface area contributed by atoms with Crippen molar-refractivity contribution in [1.82, 2.24) is 0 Å². The molecule has 1 aromatic rings. The molecule has 5 heteroatoms. The van der Waals surface area contributed by atoms with Crippen LogP contribution in [-0.2, 0) is 4.74 Å². The molecule has 0 radical (unpaired) electrons. The lowest BCUT2D eigenvalue weighted by molar-refractivity contribution is 0.0498. The number of hydrogen-bond donors (Lipinski definition) is 1. The van der Waals surface area contributed by atoms with E-state index in [0.717, 1.165) is 36.5 Å². The van der Waals surface area contributed by atoms with Gasteiger partial charge in [0, 0.05) is 36.3 Å². The number of benzene rings is 1. The number of thioether (sulfide) groups is 1. The minimum atomic E-state index is 0.264. The molecule has 0 bridgehead atoms. The molecule has 1 saturated heterocycles. The molecule has 116 valence electrons. The summed E-state index contributed by atoms with van der Waals surface area (Å²) in [7, 11) is 1.79. The zero-order valence-electron chi connectivity index (χ0n) is 13.0. The summed E-state index contributed by atoms with van der Waals surface area (Å²) in [5.41, 5.74) is 8.17. The predicted octanol–water partition coefficient (Wildman–Crippen LogP) is 3.29. The van der Waals surface area contributed by atoms with Crippen LogP contribution >= 0.6 is 24.0 Å². The van der Waals surface area contributed by atoms with Crippen LogP contribution in [0, 0.1) is 5.92 Å². The molecule has 3 nitrogen and oxygen atoms in total. The normalized spacial score (nSPS) is 22.3. The monoisotopic (exact) mass is 324 g/mol. The summed E-state index contributed by atoms with van der Waals surface area (Å²) in [5.74, 6) is 1.60. The second-order valence-electron chi connectivity index (χ2n) is 5.43. The van der Waals surface area contributed by atoms with Gasteiger partial charge in [-0.15, -0.1) is 11.8 Å². The number of nitrogens with two attached hydrogens (primary N) is 1. The molecule has 2 atom stereocenters. The van der Waals surface area contributed by atoms with E-state index in [1.807, 2.05) is 0 Å². The van der Waals surface area contributed by atoms with Gasteiger partial charge in [0.05, 0.1) is 6.10 Å². The van der Waals surface area contributed by atoms with E-state index in [1.54, 1.807) is 18.9 Å². The molecule has 1 fully saturated rings. The lowest BCUT2D eigenvalue weighted by Gasteiger charge is -2.38. The number of anilines is 1. The average molecular weight is 325 g/mol. The van der Waals surface area contributed by atoms with Gasteiger partial charge in [-0.3, -0.25) is 0 Å². The number of ether oxygens (including phenoxy) is 1. The van der Waals surface area contributed by atoms with Gasteiger partial charge in [0.1, 0.15) is 4.99 Å². The molecule has 21 heavy (non-hydrogen) atoms. The minimum Gasteiger partial charge on any atom is -0.389 e. The van der Waals surface area contributed by atoms with Crippen LogP contribution in [0.1, 0.15) is 25.8 Å². The highest BCUT2D eigenvalue weighted by Gasteiger charge is 2.28. The van der Waals surface area contributed by atoms with Gasteiger partial charge in [0.2, 0.25) is 0 Å². The molecular formula is C16H24N2OS2. The highest BCUT2D eigenvalue weighted by atomic mass is 32.2. The van der Waals surface area contributed by atoms with Crippen LogP contribution in [0.2, 0.25) is 0 Å². The first-order chi connectivity index (χ1) is 10.1. The second-order valence-corrected chi connectivity index (χ2v) is 7.18. The molecule has 0 aliphatic carbocycles. The lowest BCUT2D eigenvalue weighted by Crippen LogP contribution is -2.44. The maximum absolute atomic E-state index is 6.01. The van der Waals surface area contributed by atoms with E-state index in [0.29, 0.717) is 10.9 Å². The van der Waals surface area contributed by atoms with Gasteiger partial charge in [0.25, 0.3) is 0 Å². The van der Waals surface area contributed by atoms with E-state index in [1.165, 1.54) is 4.90 Å². The van der Waals surface area contributed by atoms with Gasteiger partial charge in [0.15, 0.2) is 0 Å². The van der Waals surface area contributed by atoms with Crippen molar-refractivity contribution in [3.8, 4) is 0 Å². The molecule has 2 rings (SSSR count). The van der Waals surface area contributed by atoms with Gasteiger partial charge >= 0.3 is 0 Å². The fourth-order valence-corrected chi connectivity index (χ4v) is 3.99. The van der Waals surface area contributed by atoms with Gasteiger partial charge in [-0.2, -0.15) is 0 Å². The first kappa shape index (κ1) is 16.6. The van der Waals surface area contributed by atoms with Crippen molar-refractivity contribution in [1.29, 1.82) is 0 Å². The summed E-state index contributed by atoms with van der Waals surface area (Å²) in [6.45, 7) is 6.32. The molecule has 0 aromatic heterocycles. The SMILES string of the molecule is CCSc1cccc(N2CCC(C)C(OC)C2)c1C(N)=S. The maximum atomic E-state index is 6.01. The maximum Gasteiger partial charge on any atom is 0.107 e. The zero-order chi connectivity index (χ0) is 15.4. The Balaban J connectivity index is 2.34. The molecule has 1 aliphatic heterocycles. The summed E-state index contributed by atoms with van der Waals surface area (Å²) >= 11 is 7.10. The number of nitrogens with zero attached hydrogens (tertiary/aromatic N) is 1. The number of piperidine rings is 1. The second kappa shape index (κ2) is 7.47. The third-order valence-electron chi connectivity index (χ3n) is 4.08. The summed E-state index contributed by atoms with van der Waals surface area (Å²) in [6, 6.07) is 6.32. The van der Waals surface area contributed by atoms with E-state index >= 15 is 0 Å². The molecule has 1 heterocycles. The highest BCUT2D eigenvalue weighted by molar-refractivity contribution is 7.99. The molecule has 2 N–H and O–H groups in total. The Labute approximate surface area is 137 Å². The minimum absolute atomic E-state index is 0.264. The molecule has 0 amide bonds. The third kappa shape index (κ3) is 3.71. The van der Waals surface area contributed by atoms with Crippen LogP contribution in [0.4, 0.5) is 5.69 Å². The molecule has 1 aliphatic rings. The largest absolute Gasteiger partial charge is 0.389 e. The Morgan fingerprint density at radius 1 is 1.52 bits per heavy atom. The Bertz CT molecular complexity index is 507. The van der Waals surface area contributed by atoms with Crippen molar-refractivity contribution in [2.45, 2.75) is 31.3 Å². The fourth-order valence-electron chi connectivity index (χ4n) is 2.87. The number of thiocarbonyl (C=S) groups is 1.